The van der Waals surface area contributed by atoms with Crippen LogP contribution in [0.5, 0.6) is 0 Å². The van der Waals surface area contributed by atoms with Gasteiger partial charge in [0, 0.05) is 65.4 Å². The Bertz CT molecular complexity index is 326. The summed E-state index contributed by atoms with van der Waals surface area (Å²) in [5.41, 5.74) is 2.49. The van der Waals surface area contributed by atoms with Crippen molar-refractivity contribution in [2.24, 2.45) is 0 Å². The average molecular weight is 433 g/mol. The molecule has 0 unspecified atom stereocenters. The van der Waals surface area contributed by atoms with Gasteiger partial charge in [-0.15, -0.1) is 0 Å². The van der Waals surface area contributed by atoms with E-state index in [-0.39, 0.29) is 80.3 Å². The normalized spacial score (nSPS) is 6.48. The summed E-state index contributed by atoms with van der Waals surface area (Å²) in [5.74, 6) is 0. The first-order chi connectivity index (χ1) is 8.45. The second-order valence-corrected chi connectivity index (χ2v) is 2.97. The molecule has 0 aromatic heterocycles. The molecule has 111 valence electrons. The SMILES string of the molecule is CC.CC.[B](c1ccccc1)c1ccccc1.[CH3-].[CH3-].[Y].[Y]. The molecule has 0 aliphatic rings. The maximum atomic E-state index is 2.17. The van der Waals surface area contributed by atoms with Gasteiger partial charge in [-0.2, -0.15) is 0 Å². The number of hydrogen-bond donors (Lipinski definition) is 0. The minimum atomic E-state index is 0. The molecule has 2 aromatic rings. The van der Waals surface area contributed by atoms with Crippen molar-refractivity contribution >= 4 is 18.2 Å². The summed E-state index contributed by atoms with van der Waals surface area (Å²) in [6, 6.07) is 20.7. The molecule has 0 aliphatic heterocycles. The zero-order valence-electron chi connectivity index (χ0n) is 14.5. The van der Waals surface area contributed by atoms with E-state index >= 15 is 0 Å². The standard InChI is InChI=1S/C12H10B.2C2H6.2CH3.2Y/c1-3-7-11(8-4-1)13-12-9-5-2-6-10-12;2*1-2;;;;/h1-10H;2*1-2H3;2*1H3;;/q;;;2*-1;;. The molecule has 2 rings (SSSR count). The van der Waals surface area contributed by atoms with Gasteiger partial charge in [0.05, 0.1) is 0 Å². The molecule has 0 aliphatic carbocycles. The molecule has 0 spiro atoms. The Morgan fingerprint density at radius 2 is 0.762 bits per heavy atom. The quantitative estimate of drug-likeness (QED) is 0.490. The van der Waals surface area contributed by atoms with Gasteiger partial charge >= 0.3 is 0 Å². The summed E-state index contributed by atoms with van der Waals surface area (Å²) in [6.07, 6.45) is 0. The van der Waals surface area contributed by atoms with Crippen LogP contribution in [0, 0.1) is 14.9 Å². The Kier molecular flexibility index (Phi) is 40.7. The molecule has 0 nitrogen and oxygen atoms in total. The molecule has 3 radical (unpaired) electrons. The molecule has 0 N–H and O–H groups in total. The Balaban J connectivity index is -0.0000000989. The fourth-order valence-electron chi connectivity index (χ4n) is 1.29. The van der Waals surface area contributed by atoms with Gasteiger partial charge in [0.1, 0.15) is 0 Å². The molecule has 2 aromatic carbocycles. The van der Waals surface area contributed by atoms with Crippen LogP contribution in [0.1, 0.15) is 27.7 Å². The molecule has 0 saturated heterocycles. The second-order valence-electron chi connectivity index (χ2n) is 2.97. The Labute approximate surface area is 184 Å². The largest absolute Gasteiger partial charge is 0.358 e. The number of benzene rings is 2. The van der Waals surface area contributed by atoms with Gasteiger partial charge in [-0.1, -0.05) is 99.3 Å². The van der Waals surface area contributed by atoms with Gasteiger partial charge in [-0.3, -0.25) is 0 Å². The van der Waals surface area contributed by atoms with Crippen LogP contribution < -0.4 is 10.9 Å². The maximum Gasteiger partial charge on any atom is 0.191 e. The van der Waals surface area contributed by atoms with Gasteiger partial charge in [-0.25, -0.2) is 0 Å². The number of hydrogen-bond acceptors (Lipinski definition) is 0. The van der Waals surface area contributed by atoms with E-state index in [0.717, 1.165) is 0 Å². The van der Waals surface area contributed by atoms with Crippen molar-refractivity contribution in [3.8, 4) is 0 Å². The van der Waals surface area contributed by atoms with E-state index < -0.39 is 0 Å². The maximum absolute atomic E-state index is 2.17. The van der Waals surface area contributed by atoms with Crippen molar-refractivity contribution < 1.29 is 65.4 Å². The third kappa shape index (κ3) is 16.9. The van der Waals surface area contributed by atoms with Crippen molar-refractivity contribution in [3.63, 3.8) is 0 Å². The molecule has 0 bridgehead atoms. The summed E-state index contributed by atoms with van der Waals surface area (Å²) in [5, 5.41) is 0. The summed E-state index contributed by atoms with van der Waals surface area (Å²) in [7, 11) is 2.17. The van der Waals surface area contributed by atoms with Crippen LogP contribution in [0.2, 0.25) is 0 Å². The molecule has 0 heterocycles. The first-order valence-electron chi connectivity index (χ1n) is 6.40. The third-order valence-electron chi connectivity index (χ3n) is 1.93. The van der Waals surface area contributed by atoms with Gasteiger partial charge in [0.25, 0.3) is 0 Å². The molecule has 3 heteroatoms. The molecule has 0 fully saturated rings. The first kappa shape index (κ1) is 33.3. The number of rotatable bonds is 2. The summed E-state index contributed by atoms with van der Waals surface area (Å²) in [6.45, 7) is 8.00. The predicted octanol–water partition coefficient (Wildman–Crippen LogP) is 4.29. The van der Waals surface area contributed by atoms with Crippen LogP contribution in [0.15, 0.2) is 60.7 Å². The van der Waals surface area contributed by atoms with E-state index in [0.29, 0.717) is 0 Å². The molecular weight excluding hydrogens is 405 g/mol. The van der Waals surface area contributed by atoms with Gasteiger partial charge in [0.2, 0.25) is 0 Å². The van der Waals surface area contributed by atoms with Crippen molar-refractivity contribution in [2.45, 2.75) is 27.7 Å². The van der Waals surface area contributed by atoms with Crippen LogP contribution in [-0.2, 0) is 65.4 Å². The molecule has 21 heavy (non-hydrogen) atoms. The van der Waals surface area contributed by atoms with Crippen LogP contribution >= 0.6 is 0 Å². The summed E-state index contributed by atoms with van der Waals surface area (Å²) in [4.78, 5) is 0. The van der Waals surface area contributed by atoms with Crippen molar-refractivity contribution in [1.29, 1.82) is 0 Å². The van der Waals surface area contributed by atoms with Crippen LogP contribution in [0.4, 0.5) is 0 Å². The van der Waals surface area contributed by atoms with Gasteiger partial charge < -0.3 is 14.9 Å². The van der Waals surface area contributed by atoms with E-state index in [9.17, 15) is 0 Å². The van der Waals surface area contributed by atoms with Crippen molar-refractivity contribution in [3.05, 3.63) is 75.5 Å². The Hall–Kier alpha value is 0.713. The van der Waals surface area contributed by atoms with E-state index in [1.165, 1.54) is 10.9 Å². The van der Waals surface area contributed by atoms with Crippen LogP contribution in [0.25, 0.3) is 0 Å². The zero-order valence-corrected chi connectivity index (χ0v) is 20.2. The second kappa shape index (κ2) is 25.7. The molecule has 0 atom stereocenters. The van der Waals surface area contributed by atoms with E-state index in [1.54, 1.807) is 0 Å². The van der Waals surface area contributed by atoms with Crippen molar-refractivity contribution in [2.75, 3.05) is 0 Å². The smallest absolute Gasteiger partial charge is 0.191 e. The first-order valence-corrected chi connectivity index (χ1v) is 6.40. The summed E-state index contributed by atoms with van der Waals surface area (Å²) < 4.78 is 0. The third-order valence-corrected chi connectivity index (χ3v) is 1.93. The topological polar surface area (TPSA) is 0 Å². The summed E-state index contributed by atoms with van der Waals surface area (Å²) >= 11 is 0. The fourth-order valence-corrected chi connectivity index (χ4v) is 1.29. The molecule has 0 saturated carbocycles. The van der Waals surface area contributed by atoms with Gasteiger partial charge in [-0.05, 0) is 0 Å². The minimum absolute atomic E-state index is 0. The van der Waals surface area contributed by atoms with E-state index in [2.05, 4.69) is 55.8 Å². The van der Waals surface area contributed by atoms with E-state index in [1.807, 2.05) is 39.8 Å². The zero-order chi connectivity index (χ0) is 12.9. The monoisotopic (exact) mass is 433 g/mol. The Morgan fingerprint density at radius 3 is 1.00 bits per heavy atom. The van der Waals surface area contributed by atoms with Gasteiger partial charge in [0.15, 0.2) is 7.28 Å². The molecular formula is C18H28BY2-2. The fraction of sp³-hybridized carbons (Fsp3) is 0.222. The average Bonchev–Trinajstić information content (AvgIpc) is 2.45. The van der Waals surface area contributed by atoms with Crippen LogP contribution in [-0.4, -0.2) is 7.28 Å². The Morgan fingerprint density at radius 1 is 0.524 bits per heavy atom. The predicted molar refractivity (Wildman–Crippen MR) is 93.4 cm³/mol. The van der Waals surface area contributed by atoms with E-state index in [4.69, 9.17) is 0 Å². The van der Waals surface area contributed by atoms with Crippen molar-refractivity contribution in [1.82, 2.24) is 0 Å². The minimum Gasteiger partial charge on any atom is -0.358 e. The molecule has 0 amide bonds. The van der Waals surface area contributed by atoms with Crippen LogP contribution in [0.3, 0.4) is 0 Å².